The van der Waals surface area contributed by atoms with Gasteiger partial charge in [0.15, 0.2) is 12.4 Å². The molecular formula is C29H49N2P2+. The van der Waals surface area contributed by atoms with Gasteiger partial charge in [-0.15, -0.1) is 0 Å². The first-order chi connectivity index (χ1) is 14.8. The minimum atomic E-state index is -0.245. The second-order valence-electron chi connectivity index (χ2n) is 13.4. The van der Waals surface area contributed by atoms with Gasteiger partial charge in [-0.1, -0.05) is 98.9 Å². The van der Waals surface area contributed by atoms with Crippen LogP contribution >= 0.6 is 15.8 Å². The summed E-state index contributed by atoms with van der Waals surface area (Å²) in [6.07, 6.45) is 6.44. The Bertz CT molecular complexity index is 840. The molecule has 2 aromatic rings. The predicted octanol–water partition coefficient (Wildman–Crippen LogP) is 8.73. The lowest BCUT2D eigenvalue weighted by Crippen LogP contribution is -2.27. The van der Waals surface area contributed by atoms with Crippen LogP contribution in [-0.4, -0.2) is 25.6 Å². The molecule has 0 atom stereocenters. The molecule has 0 aliphatic rings. The van der Waals surface area contributed by atoms with Gasteiger partial charge in [-0.3, -0.25) is 4.98 Å². The molecule has 0 saturated carbocycles. The Balaban J connectivity index is 2.60. The number of hydrogen-bond acceptors (Lipinski definition) is 1. The molecule has 184 valence electrons. The summed E-state index contributed by atoms with van der Waals surface area (Å²) in [4.78, 5) is 5.34. The van der Waals surface area contributed by atoms with Crippen LogP contribution < -0.4 is 4.57 Å². The van der Waals surface area contributed by atoms with Crippen molar-refractivity contribution >= 4 is 15.8 Å². The molecule has 0 amide bonds. The van der Waals surface area contributed by atoms with Crippen molar-refractivity contribution in [2.75, 3.05) is 0 Å². The highest BCUT2D eigenvalue weighted by Gasteiger charge is 2.36. The Hall–Kier alpha value is -0.840. The number of rotatable bonds is 5. The molecule has 33 heavy (non-hydrogen) atoms. The third kappa shape index (κ3) is 8.11. The molecule has 2 heterocycles. The predicted molar refractivity (Wildman–Crippen MR) is 151 cm³/mol. The van der Waals surface area contributed by atoms with Crippen molar-refractivity contribution < 1.29 is 4.57 Å². The van der Waals surface area contributed by atoms with Crippen molar-refractivity contribution in [3.05, 3.63) is 48.0 Å². The maximum absolute atomic E-state index is 5.34. The number of hydrogen-bond donors (Lipinski definition) is 0. The fourth-order valence-corrected chi connectivity index (χ4v) is 11.9. The van der Waals surface area contributed by atoms with Crippen LogP contribution in [0.3, 0.4) is 0 Å². The van der Waals surface area contributed by atoms with Crippen molar-refractivity contribution in [3.63, 3.8) is 0 Å². The van der Waals surface area contributed by atoms with Gasteiger partial charge in [-0.25, -0.2) is 4.57 Å². The van der Waals surface area contributed by atoms with Gasteiger partial charge in [-0.05, 0) is 43.9 Å². The lowest BCUT2D eigenvalue weighted by molar-refractivity contribution is -0.671. The monoisotopic (exact) mass is 487 g/mol. The molecule has 2 aromatic heterocycles. The van der Waals surface area contributed by atoms with E-state index in [1.807, 2.05) is 0 Å². The summed E-state index contributed by atoms with van der Waals surface area (Å²) in [6.45, 7) is 28.9. The van der Waals surface area contributed by atoms with Crippen molar-refractivity contribution in [1.82, 2.24) is 4.98 Å². The minimum Gasteiger partial charge on any atom is -0.257 e. The van der Waals surface area contributed by atoms with Crippen molar-refractivity contribution in [2.24, 2.45) is 7.05 Å². The first kappa shape index (κ1) is 28.4. The summed E-state index contributed by atoms with van der Waals surface area (Å²) in [7, 11) is 1.59. The Labute approximate surface area is 207 Å². The van der Waals surface area contributed by atoms with E-state index in [1.54, 1.807) is 0 Å². The van der Waals surface area contributed by atoms with Crippen LogP contribution in [0.2, 0.25) is 0 Å². The van der Waals surface area contributed by atoms with E-state index in [4.69, 9.17) is 4.98 Å². The van der Waals surface area contributed by atoms with Crippen LogP contribution in [0.5, 0.6) is 0 Å². The quantitative estimate of drug-likeness (QED) is 0.304. The SMILES string of the molecule is C[n+]1ccc(-c2cc(CP(C(C)(C)C)C(C)(C)C)nc(CP(C(C)(C)C)C(C)(C)C)c2)cc1. The van der Waals surface area contributed by atoms with Crippen LogP contribution in [0, 0.1) is 0 Å². The molecule has 0 aromatic carbocycles. The zero-order valence-electron chi connectivity index (χ0n) is 23.7. The standard InChI is InChI=1S/C29H49N2P2/c1-26(2,3)32(27(4,5)6)20-24-18-23(22-14-16-31(13)17-15-22)19-25(30-24)21-33(28(7,8)9)29(10,11)12/h14-19H,20-21H2,1-13H3/q+1. The van der Waals surface area contributed by atoms with Crippen LogP contribution in [0.1, 0.15) is 94.5 Å². The van der Waals surface area contributed by atoms with E-state index in [1.165, 1.54) is 22.5 Å². The molecule has 0 unspecified atom stereocenters. The Morgan fingerprint density at radius 1 is 0.606 bits per heavy atom. The highest BCUT2D eigenvalue weighted by atomic mass is 31.1. The van der Waals surface area contributed by atoms with E-state index in [9.17, 15) is 0 Å². The largest absolute Gasteiger partial charge is 0.257 e. The van der Waals surface area contributed by atoms with Gasteiger partial charge < -0.3 is 0 Å². The van der Waals surface area contributed by atoms with E-state index in [-0.39, 0.29) is 36.5 Å². The third-order valence-corrected chi connectivity index (χ3v) is 13.9. The first-order valence-electron chi connectivity index (χ1n) is 12.3. The lowest BCUT2D eigenvalue weighted by atomic mass is 10.1. The van der Waals surface area contributed by atoms with Crippen LogP contribution in [0.25, 0.3) is 11.1 Å². The summed E-state index contributed by atoms with van der Waals surface area (Å²) in [5, 5.41) is 1.15. The molecule has 0 spiro atoms. The molecule has 0 aliphatic heterocycles. The zero-order chi connectivity index (χ0) is 25.4. The van der Waals surface area contributed by atoms with E-state index in [2.05, 4.69) is 131 Å². The second-order valence-corrected chi connectivity index (χ2v) is 21.2. The van der Waals surface area contributed by atoms with Gasteiger partial charge in [0.25, 0.3) is 0 Å². The van der Waals surface area contributed by atoms with Crippen molar-refractivity contribution in [2.45, 2.75) is 116 Å². The third-order valence-electron chi connectivity index (χ3n) is 6.12. The summed E-state index contributed by atoms with van der Waals surface area (Å²) >= 11 is 0. The van der Waals surface area contributed by atoms with Gasteiger partial charge >= 0.3 is 0 Å². The molecule has 4 heteroatoms. The van der Waals surface area contributed by atoms with Gasteiger partial charge in [0.1, 0.15) is 7.05 Å². The van der Waals surface area contributed by atoms with E-state index < -0.39 is 0 Å². The number of pyridine rings is 2. The summed E-state index contributed by atoms with van der Waals surface area (Å²) in [5.41, 5.74) is 5.13. The maximum atomic E-state index is 5.34. The number of nitrogens with zero attached hydrogens (tertiary/aromatic N) is 2. The molecule has 0 fully saturated rings. The number of aromatic nitrogens is 2. The van der Waals surface area contributed by atoms with Crippen LogP contribution in [0.15, 0.2) is 36.7 Å². The van der Waals surface area contributed by atoms with E-state index in [0.717, 1.165) is 12.3 Å². The van der Waals surface area contributed by atoms with Gasteiger partial charge in [0, 0.05) is 35.8 Å². The molecule has 2 rings (SSSR count). The molecule has 2 nitrogen and oxygen atoms in total. The summed E-state index contributed by atoms with van der Waals surface area (Å²) in [6, 6.07) is 9.19. The average molecular weight is 488 g/mol. The summed E-state index contributed by atoms with van der Waals surface area (Å²) < 4.78 is 2.10. The van der Waals surface area contributed by atoms with Crippen molar-refractivity contribution in [1.29, 1.82) is 0 Å². The lowest BCUT2D eigenvalue weighted by Gasteiger charge is -2.42. The van der Waals surface area contributed by atoms with Crippen molar-refractivity contribution in [3.8, 4) is 11.1 Å². The fourth-order valence-electron chi connectivity index (χ4n) is 4.96. The van der Waals surface area contributed by atoms with Gasteiger partial charge in [-0.2, -0.15) is 0 Å². The smallest absolute Gasteiger partial charge is 0.169 e. The zero-order valence-corrected chi connectivity index (χ0v) is 25.5. The molecule has 0 N–H and O–H groups in total. The first-order valence-corrected chi connectivity index (χ1v) is 15.3. The van der Waals surface area contributed by atoms with Gasteiger partial charge in [0.05, 0.1) is 0 Å². The Morgan fingerprint density at radius 2 is 0.939 bits per heavy atom. The molecular weight excluding hydrogens is 438 g/mol. The van der Waals surface area contributed by atoms with E-state index >= 15 is 0 Å². The molecule has 0 radical (unpaired) electrons. The molecule has 0 aliphatic carbocycles. The summed E-state index contributed by atoms with van der Waals surface area (Å²) in [5.74, 6) is 0. The fraction of sp³-hybridized carbons (Fsp3) is 0.655. The second kappa shape index (κ2) is 10.0. The molecule has 0 saturated heterocycles. The maximum Gasteiger partial charge on any atom is 0.169 e. The van der Waals surface area contributed by atoms with Gasteiger partial charge in [0.2, 0.25) is 0 Å². The normalized spacial score (nSPS) is 13.8. The molecule has 0 bridgehead atoms. The Morgan fingerprint density at radius 3 is 1.24 bits per heavy atom. The average Bonchev–Trinajstić information content (AvgIpc) is 2.61. The number of aryl methyl sites for hydroxylation is 1. The van der Waals surface area contributed by atoms with Crippen LogP contribution in [-0.2, 0) is 19.4 Å². The minimum absolute atomic E-state index is 0.245. The highest BCUT2D eigenvalue weighted by molar-refractivity contribution is 7.60. The Kier molecular flexibility index (Phi) is 8.63. The van der Waals surface area contributed by atoms with Crippen LogP contribution in [0.4, 0.5) is 0 Å². The van der Waals surface area contributed by atoms with E-state index in [0.29, 0.717) is 0 Å². The highest BCUT2D eigenvalue weighted by Crippen LogP contribution is 2.62. The topological polar surface area (TPSA) is 16.8 Å².